The third-order valence-electron chi connectivity index (χ3n) is 3.11. The summed E-state index contributed by atoms with van der Waals surface area (Å²) in [6.07, 6.45) is 3.06. The minimum absolute atomic E-state index is 0.314. The van der Waals surface area contributed by atoms with Gasteiger partial charge < -0.3 is 15.2 Å². The van der Waals surface area contributed by atoms with Crippen molar-refractivity contribution in [2.75, 3.05) is 33.1 Å². The molecule has 0 aromatic rings. The number of hydrogen-bond donors (Lipinski definition) is 2. The van der Waals surface area contributed by atoms with E-state index in [1.807, 2.05) is 0 Å². The first-order chi connectivity index (χ1) is 7.40. The molecule has 2 atom stereocenters. The highest BCUT2D eigenvalue weighted by Gasteiger charge is 2.46. The van der Waals surface area contributed by atoms with Crippen molar-refractivity contribution < 1.29 is 18.3 Å². The van der Waals surface area contributed by atoms with Crippen molar-refractivity contribution in [2.24, 2.45) is 0 Å². The van der Waals surface area contributed by atoms with Crippen LogP contribution in [0.15, 0.2) is 0 Å². The first-order valence-electron chi connectivity index (χ1n) is 5.51. The van der Waals surface area contributed by atoms with Gasteiger partial charge in [-0.25, -0.2) is 8.42 Å². The van der Waals surface area contributed by atoms with E-state index >= 15 is 0 Å². The van der Waals surface area contributed by atoms with Crippen LogP contribution in [0.5, 0.6) is 0 Å². The van der Waals surface area contributed by atoms with Gasteiger partial charge in [-0.05, 0) is 19.3 Å². The third kappa shape index (κ3) is 3.41. The van der Waals surface area contributed by atoms with E-state index in [1.165, 1.54) is 6.26 Å². The highest BCUT2D eigenvalue weighted by Crippen LogP contribution is 2.34. The van der Waals surface area contributed by atoms with E-state index in [9.17, 15) is 13.5 Å². The van der Waals surface area contributed by atoms with Gasteiger partial charge in [0.25, 0.3) is 0 Å². The Morgan fingerprint density at radius 3 is 2.81 bits per heavy atom. The van der Waals surface area contributed by atoms with Crippen molar-refractivity contribution in [3.05, 3.63) is 0 Å². The van der Waals surface area contributed by atoms with Gasteiger partial charge in [-0.1, -0.05) is 0 Å². The van der Waals surface area contributed by atoms with Gasteiger partial charge in [0.1, 0.15) is 0 Å². The van der Waals surface area contributed by atoms with Crippen LogP contribution < -0.4 is 5.32 Å². The van der Waals surface area contributed by atoms with E-state index in [2.05, 4.69) is 5.32 Å². The third-order valence-corrected chi connectivity index (χ3v) is 4.81. The smallest absolute Gasteiger partial charge is 0.153 e. The predicted octanol–water partition coefficient (Wildman–Crippen LogP) is -0.449. The summed E-state index contributed by atoms with van der Waals surface area (Å²) in [5.74, 6) is 0. The van der Waals surface area contributed by atoms with Gasteiger partial charge in [0, 0.05) is 26.5 Å². The average molecular weight is 251 g/mol. The molecule has 96 valence electrons. The number of methoxy groups -OCH3 is 1. The number of rotatable bonds is 6. The summed E-state index contributed by atoms with van der Waals surface area (Å²) in [6, 6.07) is 0. The number of sulfone groups is 1. The van der Waals surface area contributed by atoms with Crippen molar-refractivity contribution in [3.63, 3.8) is 0 Å². The van der Waals surface area contributed by atoms with Crippen LogP contribution >= 0.6 is 0 Å². The second-order valence-electron chi connectivity index (χ2n) is 4.48. The summed E-state index contributed by atoms with van der Waals surface area (Å²) in [7, 11) is -1.57. The molecule has 16 heavy (non-hydrogen) atoms. The standard InChI is InChI=1S/C10H21NO4S/c1-15-7-6-11-8-10(12)5-3-4-9(10)16(2,13)14/h9,11-12H,3-8H2,1-2H3. The van der Waals surface area contributed by atoms with E-state index in [0.29, 0.717) is 32.5 Å². The Balaban J connectivity index is 2.54. The van der Waals surface area contributed by atoms with Crippen molar-refractivity contribution in [1.82, 2.24) is 5.32 Å². The minimum Gasteiger partial charge on any atom is -0.387 e. The molecule has 5 nitrogen and oxygen atoms in total. The maximum absolute atomic E-state index is 11.5. The monoisotopic (exact) mass is 251 g/mol. The fraction of sp³-hybridized carbons (Fsp3) is 1.00. The highest BCUT2D eigenvalue weighted by molar-refractivity contribution is 7.91. The lowest BCUT2D eigenvalue weighted by molar-refractivity contribution is 0.0490. The summed E-state index contributed by atoms with van der Waals surface area (Å²) < 4.78 is 27.9. The van der Waals surface area contributed by atoms with E-state index in [-0.39, 0.29) is 0 Å². The molecule has 0 spiro atoms. The Kier molecular flexibility index (Phi) is 4.73. The minimum atomic E-state index is -3.17. The molecule has 0 amide bonds. The number of nitrogens with one attached hydrogen (secondary N) is 1. The van der Waals surface area contributed by atoms with Gasteiger partial charge in [-0.3, -0.25) is 0 Å². The quantitative estimate of drug-likeness (QED) is 0.625. The molecule has 0 aliphatic heterocycles. The molecule has 1 fully saturated rings. The van der Waals surface area contributed by atoms with Gasteiger partial charge >= 0.3 is 0 Å². The van der Waals surface area contributed by atoms with Gasteiger partial charge in [0.05, 0.1) is 17.5 Å². The Hall–Kier alpha value is -0.170. The van der Waals surface area contributed by atoms with Crippen molar-refractivity contribution >= 4 is 9.84 Å². The molecule has 2 N–H and O–H groups in total. The zero-order chi connectivity index (χ0) is 12.2. The Labute approximate surface area is 97.1 Å². The topological polar surface area (TPSA) is 75.6 Å². The zero-order valence-electron chi connectivity index (χ0n) is 9.90. The number of aliphatic hydroxyl groups is 1. The molecule has 1 aliphatic rings. The van der Waals surface area contributed by atoms with E-state index in [4.69, 9.17) is 4.74 Å². The first kappa shape index (κ1) is 13.9. The summed E-state index contributed by atoms with van der Waals surface area (Å²) in [5.41, 5.74) is -1.11. The number of hydrogen-bond acceptors (Lipinski definition) is 5. The van der Waals surface area contributed by atoms with Crippen LogP contribution in [0.25, 0.3) is 0 Å². The molecule has 2 unspecified atom stereocenters. The average Bonchev–Trinajstić information content (AvgIpc) is 2.55. The Morgan fingerprint density at radius 1 is 1.56 bits per heavy atom. The van der Waals surface area contributed by atoms with Gasteiger partial charge in [-0.2, -0.15) is 0 Å². The molecule has 1 aliphatic carbocycles. The second-order valence-corrected chi connectivity index (χ2v) is 6.71. The van der Waals surface area contributed by atoms with E-state index in [0.717, 1.165) is 6.42 Å². The fourth-order valence-corrected chi connectivity index (χ4v) is 3.91. The van der Waals surface area contributed by atoms with Gasteiger partial charge in [0.2, 0.25) is 0 Å². The van der Waals surface area contributed by atoms with Crippen LogP contribution in [0.1, 0.15) is 19.3 Å². The van der Waals surface area contributed by atoms with Crippen LogP contribution in [0.4, 0.5) is 0 Å². The highest BCUT2D eigenvalue weighted by atomic mass is 32.2. The zero-order valence-corrected chi connectivity index (χ0v) is 10.7. The predicted molar refractivity (Wildman–Crippen MR) is 62.2 cm³/mol. The molecule has 0 saturated heterocycles. The summed E-state index contributed by atoms with van der Waals surface area (Å²) >= 11 is 0. The van der Waals surface area contributed by atoms with Crippen molar-refractivity contribution in [1.29, 1.82) is 0 Å². The molecule has 1 saturated carbocycles. The number of ether oxygens (including phenoxy) is 1. The summed E-state index contributed by atoms with van der Waals surface area (Å²) in [5, 5.41) is 12.7. The SMILES string of the molecule is COCCNCC1(O)CCCC1S(C)(=O)=O. The largest absolute Gasteiger partial charge is 0.387 e. The van der Waals surface area contributed by atoms with Crippen LogP contribution in [-0.4, -0.2) is 57.4 Å². The maximum Gasteiger partial charge on any atom is 0.153 e. The Bertz CT molecular complexity index is 317. The van der Waals surface area contributed by atoms with E-state index in [1.54, 1.807) is 7.11 Å². The fourth-order valence-electron chi connectivity index (χ4n) is 2.32. The lowest BCUT2D eigenvalue weighted by Gasteiger charge is -2.29. The lowest BCUT2D eigenvalue weighted by atomic mass is 10.0. The Morgan fingerprint density at radius 2 is 2.25 bits per heavy atom. The van der Waals surface area contributed by atoms with Crippen LogP contribution in [0, 0.1) is 0 Å². The molecule has 0 aromatic heterocycles. The van der Waals surface area contributed by atoms with E-state index < -0.39 is 20.7 Å². The molecular formula is C10H21NO4S. The molecule has 0 radical (unpaired) electrons. The van der Waals surface area contributed by atoms with Crippen LogP contribution in [0.2, 0.25) is 0 Å². The summed E-state index contributed by atoms with van der Waals surface area (Å²) in [4.78, 5) is 0. The van der Waals surface area contributed by atoms with Gasteiger partial charge in [-0.15, -0.1) is 0 Å². The first-order valence-corrected chi connectivity index (χ1v) is 7.46. The summed E-state index contributed by atoms with van der Waals surface area (Å²) in [6.45, 7) is 1.49. The molecule has 6 heteroatoms. The lowest BCUT2D eigenvalue weighted by Crippen LogP contribution is -2.50. The molecule has 0 heterocycles. The molecule has 0 bridgehead atoms. The van der Waals surface area contributed by atoms with Gasteiger partial charge in [0.15, 0.2) is 9.84 Å². The normalized spacial score (nSPS) is 30.8. The van der Waals surface area contributed by atoms with Crippen LogP contribution in [-0.2, 0) is 14.6 Å². The molecule has 0 aromatic carbocycles. The van der Waals surface area contributed by atoms with Crippen molar-refractivity contribution in [2.45, 2.75) is 30.1 Å². The molecular weight excluding hydrogens is 230 g/mol. The van der Waals surface area contributed by atoms with Crippen molar-refractivity contribution in [3.8, 4) is 0 Å². The molecule has 1 rings (SSSR count). The second kappa shape index (κ2) is 5.44. The maximum atomic E-state index is 11.5. The van der Waals surface area contributed by atoms with Crippen LogP contribution in [0.3, 0.4) is 0 Å².